The van der Waals surface area contributed by atoms with E-state index in [0.717, 1.165) is 22.5 Å². The number of anilines is 1. The third kappa shape index (κ3) is 3.46. The topological polar surface area (TPSA) is 67.2 Å². The van der Waals surface area contributed by atoms with Crippen LogP contribution >= 0.6 is 0 Å². The van der Waals surface area contributed by atoms with Crippen molar-refractivity contribution in [2.24, 2.45) is 0 Å². The smallest absolute Gasteiger partial charge is 0.230 e. The molecule has 136 valence electrons. The summed E-state index contributed by atoms with van der Waals surface area (Å²) in [5, 5.41) is 7.21. The van der Waals surface area contributed by atoms with E-state index in [1.165, 1.54) is 0 Å². The predicted molar refractivity (Wildman–Crippen MR) is 102 cm³/mol. The molecule has 0 bridgehead atoms. The molecule has 6 heteroatoms. The second-order valence-electron chi connectivity index (χ2n) is 6.72. The monoisotopic (exact) mass is 360 g/mol. The number of nitrogens with zero attached hydrogens (tertiary/aromatic N) is 3. The summed E-state index contributed by atoms with van der Waals surface area (Å²) < 4.78 is 1.79. The van der Waals surface area contributed by atoms with Crippen LogP contribution in [0.3, 0.4) is 0 Å². The standard InChI is InChI=1S/C21H20N4O2/c1-24(13-15-12-22-25(14-15)16-7-3-2-4-8-16)21(27)18-11-20(26)23-19-10-6-5-9-17(18)19/h2-10,12,14,18H,11,13H2,1H3,(H,23,26). The van der Waals surface area contributed by atoms with Crippen molar-refractivity contribution < 1.29 is 9.59 Å². The molecule has 1 aliphatic heterocycles. The Bertz CT molecular complexity index is 981. The number of hydrogen-bond donors (Lipinski definition) is 1. The number of likely N-dealkylation sites (N-methyl/N-ethyl adjacent to an activating group) is 1. The lowest BCUT2D eigenvalue weighted by molar-refractivity contribution is -0.134. The fourth-order valence-corrected chi connectivity index (χ4v) is 3.41. The molecule has 0 fully saturated rings. The summed E-state index contributed by atoms with van der Waals surface area (Å²) in [4.78, 5) is 26.7. The minimum Gasteiger partial charge on any atom is -0.341 e. The van der Waals surface area contributed by atoms with Gasteiger partial charge in [-0.2, -0.15) is 5.10 Å². The molecule has 0 saturated heterocycles. The van der Waals surface area contributed by atoms with Crippen LogP contribution in [0.4, 0.5) is 5.69 Å². The van der Waals surface area contributed by atoms with Gasteiger partial charge in [0.05, 0.1) is 17.8 Å². The minimum atomic E-state index is -0.455. The van der Waals surface area contributed by atoms with Crippen LogP contribution in [0.25, 0.3) is 5.69 Å². The minimum absolute atomic E-state index is 0.0650. The highest BCUT2D eigenvalue weighted by Gasteiger charge is 2.32. The van der Waals surface area contributed by atoms with Gasteiger partial charge in [-0.3, -0.25) is 9.59 Å². The van der Waals surface area contributed by atoms with Crippen LogP contribution in [0.5, 0.6) is 0 Å². The van der Waals surface area contributed by atoms with Crippen LogP contribution in [0.15, 0.2) is 67.0 Å². The number of fused-ring (bicyclic) bond motifs is 1. The summed E-state index contributed by atoms with van der Waals surface area (Å²) in [6, 6.07) is 17.3. The van der Waals surface area contributed by atoms with Crippen molar-refractivity contribution in [2.45, 2.75) is 18.9 Å². The van der Waals surface area contributed by atoms with Crippen LogP contribution in [-0.2, 0) is 16.1 Å². The zero-order valence-corrected chi connectivity index (χ0v) is 15.0. The van der Waals surface area contributed by atoms with Gasteiger partial charge in [-0.05, 0) is 23.8 Å². The van der Waals surface area contributed by atoms with E-state index in [9.17, 15) is 9.59 Å². The molecule has 27 heavy (non-hydrogen) atoms. The largest absolute Gasteiger partial charge is 0.341 e. The number of carbonyl (C=O) groups is 2. The molecule has 1 unspecified atom stereocenters. The van der Waals surface area contributed by atoms with Gasteiger partial charge in [-0.1, -0.05) is 36.4 Å². The van der Waals surface area contributed by atoms with Crippen molar-refractivity contribution >= 4 is 17.5 Å². The molecule has 1 aliphatic rings. The van der Waals surface area contributed by atoms with Gasteiger partial charge in [0, 0.05) is 37.5 Å². The Morgan fingerprint density at radius 3 is 2.74 bits per heavy atom. The summed E-state index contributed by atoms with van der Waals surface area (Å²) in [5.41, 5.74) is 3.49. The number of benzene rings is 2. The number of nitrogens with one attached hydrogen (secondary N) is 1. The maximum Gasteiger partial charge on any atom is 0.230 e. The van der Waals surface area contributed by atoms with Crippen molar-refractivity contribution in [3.8, 4) is 5.69 Å². The molecule has 0 radical (unpaired) electrons. The first-order valence-corrected chi connectivity index (χ1v) is 8.84. The highest BCUT2D eigenvalue weighted by molar-refractivity contribution is 6.01. The molecule has 3 aromatic rings. The molecule has 1 atom stereocenters. The lowest BCUT2D eigenvalue weighted by Gasteiger charge is -2.28. The van der Waals surface area contributed by atoms with Crippen molar-refractivity contribution in [2.75, 3.05) is 12.4 Å². The molecule has 0 spiro atoms. The highest BCUT2D eigenvalue weighted by Crippen LogP contribution is 2.33. The Balaban J connectivity index is 1.51. The molecule has 4 rings (SSSR count). The lowest BCUT2D eigenvalue weighted by Crippen LogP contribution is -2.36. The van der Waals surface area contributed by atoms with Gasteiger partial charge >= 0.3 is 0 Å². The van der Waals surface area contributed by atoms with Crippen LogP contribution in [0.2, 0.25) is 0 Å². The second-order valence-corrected chi connectivity index (χ2v) is 6.72. The van der Waals surface area contributed by atoms with E-state index in [1.807, 2.05) is 60.8 Å². The average Bonchev–Trinajstić information content (AvgIpc) is 3.16. The summed E-state index contributed by atoms with van der Waals surface area (Å²) in [7, 11) is 1.76. The number of carbonyl (C=O) groups excluding carboxylic acids is 2. The number of aromatic nitrogens is 2. The zero-order valence-electron chi connectivity index (χ0n) is 15.0. The SMILES string of the molecule is CN(Cc1cnn(-c2ccccc2)c1)C(=O)C1CC(=O)Nc2ccccc21. The quantitative estimate of drug-likeness (QED) is 0.778. The molecule has 6 nitrogen and oxygen atoms in total. The van der Waals surface area contributed by atoms with Crippen molar-refractivity contribution in [3.63, 3.8) is 0 Å². The van der Waals surface area contributed by atoms with Crippen molar-refractivity contribution in [3.05, 3.63) is 78.1 Å². The second kappa shape index (κ2) is 7.07. The average molecular weight is 360 g/mol. The van der Waals surface area contributed by atoms with E-state index in [1.54, 1.807) is 22.8 Å². The van der Waals surface area contributed by atoms with Gasteiger partial charge in [0.1, 0.15) is 0 Å². The molecule has 0 saturated carbocycles. The van der Waals surface area contributed by atoms with Gasteiger partial charge in [0.25, 0.3) is 0 Å². The van der Waals surface area contributed by atoms with Crippen LogP contribution in [-0.4, -0.2) is 33.5 Å². The van der Waals surface area contributed by atoms with E-state index >= 15 is 0 Å². The Labute approximate surface area is 157 Å². The summed E-state index contributed by atoms with van der Waals surface area (Å²) in [6.45, 7) is 0.436. The Morgan fingerprint density at radius 2 is 1.93 bits per heavy atom. The molecule has 2 aromatic carbocycles. The fourth-order valence-electron chi connectivity index (χ4n) is 3.41. The third-order valence-electron chi connectivity index (χ3n) is 4.75. The predicted octanol–water partition coefficient (Wildman–Crippen LogP) is 2.96. The van der Waals surface area contributed by atoms with E-state index < -0.39 is 5.92 Å². The first-order valence-electron chi connectivity index (χ1n) is 8.84. The van der Waals surface area contributed by atoms with E-state index in [2.05, 4.69) is 10.4 Å². The number of amides is 2. The maximum absolute atomic E-state index is 13.0. The van der Waals surface area contributed by atoms with Crippen molar-refractivity contribution in [1.82, 2.24) is 14.7 Å². The van der Waals surface area contributed by atoms with Crippen molar-refractivity contribution in [1.29, 1.82) is 0 Å². The fraction of sp³-hybridized carbons (Fsp3) is 0.190. The number of rotatable bonds is 4. The first kappa shape index (κ1) is 17.0. The van der Waals surface area contributed by atoms with Crippen LogP contribution in [0, 0.1) is 0 Å². The van der Waals surface area contributed by atoms with Gasteiger partial charge < -0.3 is 10.2 Å². The van der Waals surface area contributed by atoms with Gasteiger partial charge in [-0.15, -0.1) is 0 Å². The van der Waals surface area contributed by atoms with E-state index in [4.69, 9.17) is 0 Å². The zero-order chi connectivity index (χ0) is 18.8. The summed E-state index contributed by atoms with van der Waals surface area (Å²) >= 11 is 0. The van der Waals surface area contributed by atoms with Gasteiger partial charge in [0.15, 0.2) is 0 Å². The van der Waals surface area contributed by atoms with Crippen LogP contribution in [0.1, 0.15) is 23.5 Å². The third-order valence-corrected chi connectivity index (χ3v) is 4.75. The molecular formula is C21H20N4O2. The normalized spacial score (nSPS) is 15.7. The Kier molecular flexibility index (Phi) is 4.46. The summed E-state index contributed by atoms with van der Waals surface area (Å²) in [5.74, 6) is -0.647. The lowest BCUT2D eigenvalue weighted by atomic mass is 9.89. The summed E-state index contributed by atoms with van der Waals surface area (Å²) in [6.07, 6.45) is 3.85. The molecule has 2 heterocycles. The molecule has 2 amide bonds. The highest BCUT2D eigenvalue weighted by atomic mass is 16.2. The first-order chi connectivity index (χ1) is 13.1. The molecule has 0 aliphatic carbocycles. The molecular weight excluding hydrogens is 340 g/mol. The van der Waals surface area contributed by atoms with Gasteiger partial charge in [-0.25, -0.2) is 4.68 Å². The number of para-hydroxylation sites is 2. The Morgan fingerprint density at radius 1 is 1.19 bits per heavy atom. The molecule has 1 N–H and O–H groups in total. The number of hydrogen-bond acceptors (Lipinski definition) is 3. The van der Waals surface area contributed by atoms with Gasteiger partial charge in [0.2, 0.25) is 11.8 Å². The van der Waals surface area contributed by atoms with E-state index in [0.29, 0.717) is 6.54 Å². The maximum atomic E-state index is 13.0. The molecule has 1 aromatic heterocycles. The van der Waals surface area contributed by atoms with E-state index in [-0.39, 0.29) is 18.2 Å². The van der Waals surface area contributed by atoms with Crippen LogP contribution < -0.4 is 5.32 Å². The Hall–Kier alpha value is -3.41.